The Labute approximate surface area is 122 Å². The molecule has 0 saturated carbocycles. The fraction of sp³-hybridized carbons (Fsp3) is 0.429. The SMILES string of the molecule is CN(CC(=O)N(C)CCC#N)Cc1ccc(Br)cc1. The molecule has 0 unspecified atom stereocenters. The summed E-state index contributed by atoms with van der Waals surface area (Å²) in [5.74, 6) is 0.0369. The molecule has 5 heteroatoms. The van der Waals surface area contributed by atoms with E-state index in [1.165, 1.54) is 0 Å². The number of amides is 1. The van der Waals surface area contributed by atoms with Crippen molar-refractivity contribution < 1.29 is 4.79 Å². The van der Waals surface area contributed by atoms with Crippen LogP contribution in [0.5, 0.6) is 0 Å². The zero-order valence-electron chi connectivity index (χ0n) is 11.3. The molecular weight excluding hydrogens is 306 g/mol. The highest BCUT2D eigenvalue weighted by Gasteiger charge is 2.11. The van der Waals surface area contributed by atoms with E-state index in [4.69, 9.17) is 5.26 Å². The van der Waals surface area contributed by atoms with Gasteiger partial charge in [0.15, 0.2) is 0 Å². The third-order valence-corrected chi connectivity index (χ3v) is 3.28. The Kier molecular flexibility index (Phi) is 6.54. The van der Waals surface area contributed by atoms with E-state index in [9.17, 15) is 4.79 Å². The molecule has 1 aromatic carbocycles. The van der Waals surface area contributed by atoms with Crippen molar-refractivity contribution in [2.75, 3.05) is 27.2 Å². The third kappa shape index (κ3) is 5.86. The summed E-state index contributed by atoms with van der Waals surface area (Å²) < 4.78 is 1.05. The molecule has 0 heterocycles. The molecule has 102 valence electrons. The van der Waals surface area contributed by atoms with Crippen molar-refractivity contribution in [3.8, 4) is 6.07 Å². The molecular formula is C14H18BrN3O. The summed E-state index contributed by atoms with van der Waals surface area (Å²) in [4.78, 5) is 15.4. The molecule has 0 atom stereocenters. The first-order valence-electron chi connectivity index (χ1n) is 6.07. The van der Waals surface area contributed by atoms with Crippen LogP contribution in [0.25, 0.3) is 0 Å². The van der Waals surface area contributed by atoms with E-state index in [2.05, 4.69) is 15.9 Å². The number of carbonyl (C=O) groups excluding carboxylic acids is 1. The summed E-state index contributed by atoms with van der Waals surface area (Å²) in [5.41, 5.74) is 1.16. The van der Waals surface area contributed by atoms with Crippen LogP contribution in [0.15, 0.2) is 28.7 Å². The van der Waals surface area contributed by atoms with E-state index in [1.807, 2.05) is 42.3 Å². The van der Waals surface area contributed by atoms with Gasteiger partial charge in [-0.2, -0.15) is 5.26 Å². The zero-order valence-corrected chi connectivity index (χ0v) is 12.9. The van der Waals surface area contributed by atoms with Crippen LogP contribution in [-0.4, -0.2) is 42.9 Å². The van der Waals surface area contributed by atoms with Crippen LogP contribution >= 0.6 is 15.9 Å². The van der Waals surface area contributed by atoms with Gasteiger partial charge in [0.05, 0.1) is 19.0 Å². The van der Waals surface area contributed by atoms with Gasteiger partial charge in [-0.3, -0.25) is 9.69 Å². The fourth-order valence-corrected chi connectivity index (χ4v) is 1.92. The second-order valence-electron chi connectivity index (χ2n) is 4.52. The van der Waals surface area contributed by atoms with Crippen LogP contribution in [-0.2, 0) is 11.3 Å². The number of nitriles is 1. The van der Waals surface area contributed by atoms with Crippen LogP contribution in [0.3, 0.4) is 0 Å². The fourth-order valence-electron chi connectivity index (χ4n) is 1.65. The van der Waals surface area contributed by atoms with Crippen molar-refractivity contribution in [1.82, 2.24) is 9.80 Å². The first kappa shape index (κ1) is 15.7. The first-order valence-corrected chi connectivity index (χ1v) is 6.86. The molecule has 1 amide bonds. The summed E-state index contributed by atoms with van der Waals surface area (Å²) in [6.07, 6.45) is 0.374. The highest BCUT2D eigenvalue weighted by atomic mass is 79.9. The lowest BCUT2D eigenvalue weighted by atomic mass is 10.2. The highest BCUT2D eigenvalue weighted by Crippen LogP contribution is 2.11. The van der Waals surface area contributed by atoms with Crippen LogP contribution in [0.1, 0.15) is 12.0 Å². The lowest BCUT2D eigenvalue weighted by molar-refractivity contribution is -0.130. The van der Waals surface area contributed by atoms with Crippen molar-refractivity contribution in [2.24, 2.45) is 0 Å². The topological polar surface area (TPSA) is 47.3 Å². The smallest absolute Gasteiger partial charge is 0.236 e. The second-order valence-corrected chi connectivity index (χ2v) is 5.44. The van der Waals surface area contributed by atoms with Crippen molar-refractivity contribution in [1.29, 1.82) is 5.26 Å². The van der Waals surface area contributed by atoms with Crippen molar-refractivity contribution in [3.63, 3.8) is 0 Å². The van der Waals surface area contributed by atoms with Gasteiger partial charge < -0.3 is 4.90 Å². The van der Waals surface area contributed by atoms with Gasteiger partial charge in [-0.25, -0.2) is 0 Å². The Balaban J connectivity index is 2.42. The number of nitrogens with zero attached hydrogens (tertiary/aromatic N) is 3. The molecule has 1 aromatic rings. The molecule has 0 radical (unpaired) electrons. The second kappa shape index (κ2) is 7.93. The van der Waals surface area contributed by atoms with Gasteiger partial charge in [-0.15, -0.1) is 0 Å². The average Bonchev–Trinajstić information content (AvgIpc) is 2.38. The summed E-state index contributed by atoms with van der Waals surface area (Å²) in [7, 11) is 3.64. The molecule has 0 aliphatic carbocycles. The minimum Gasteiger partial charge on any atom is -0.344 e. The van der Waals surface area contributed by atoms with Gasteiger partial charge in [-0.05, 0) is 24.7 Å². The van der Waals surface area contributed by atoms with E-state index < -0.39 is 0 Å². The lowest BCUT2D eigenvalue weighted by Crippen LogP contribution is -2.36. The van der Waals surface area contributed by atoms with E-state index in [0.29, 0.717) is 19.5 Å². The average molecular weight is 324 g/mol. The number of benzene rings is 1. The predicted octanol–water partition coefficient (Wildman–Crippen LogP) is 2.25. The molecule has 0 spiro atoms. The summed E-state index contributed by atoms with van der Waals surface area (Å²) in [6.45, 7) is 1.57. The monoisotopic (exact) mass is 323 g/mol. The number of halogens is 1. The lowest BCUT2D eigenvalue weighted by Gasteiger charge is -2.21. The molecule has 0 N–H and O–H groups in total. The molecule has 1 rings (SSSR count). The zero-order chi connectivity index (χ0) is 14.3. The van der Waals surface area contributed by atoms with E-state index in [0.717, 1.165) is 16.6 Å². The van der Waals surface area contributed by atoms with Crippen molar-refractivity contribution in [3.05, 3.63) is 34.3 Å². The molecule has 0 aliphatic heterocycles. The Hall–Kier alpha value is -1.38. The largest absolute Gasteiger partial charge is 0.344 e. The molecule has 0 aliphatic rings. The molecule has 0 aromatic heterocycles. The van der Waals surface area contributed by atoms with Crippen LogP contribution in [0.4, 0.5) is 0 Å². The maximum atomic E-state index is 11.9. The van der Waals surface area contributed by atoms with Gasteiger partial charge >= 0.3 is 0 Å². The minimum absolute atomic E-state index is 0.0369. The maximum absolute atomic E-state index is 11.9. The molecule has 19 heavy (non-hydrogen) atoms. The number of hydrogen-bond donors (Lipinski definition) is 0. The standard InChI is InChI=1S/C14H18BrN3O/c1-17(10-12-4-6-13(15)7-5-12)11-14(19)18(2)9-3-8-16/h4-7H,3,9-11H2,1-2H3. The Morgan fingerprint density at radius 2 is 1.95 bits per heavy atom. The first-order chi connectivity index (χ1) is 9.02. The van der Waals surface area contributed by atoms with Gasteiger partial charge in [0.1, 0.15) is 0 Å². The number of carbonyl (C=O) groups is 1. The molecule has 0 bridgehead atoms. The number of hydrogen-bond acceptors (Lipinski definition) is 3. The van der Waals surface area contributed by atoms with Gasteiger partial charge in [-0.1, -0.05) is 28.1 Å². The molecule has 4 nitrogen and oxygen atoms in total. The minimum atomic E-state index is 0.0369. The van der Waals surface area contributed by atoms with E-state index in [-0.39, 0.29) is 5.91 Å². The van der Waals surface area contributed by atoms with Crippen molar-refractivity contribution in [2.45, 2.75) is 13.0 Å². The summed E-state index contributed by atoms with van der Waals surface area (Å²) >= 11 is 3.39. The Bertz CT molecular complexity index is 453. The third-order valence-electron chi connectivity index (χ3n) is 2.76. The number of rotatable bonds is 6. The summed E-state index contributed by atoms with van der Waals surface area (Å²) in [5, 5.41) is 8.49. The highest BCUT2D eigenvalue weighted by molar-refractivity contribution is 9.10. The van der Waals surface area contributed by atoms with Crippen LogP contribution < -0.4 is 0 Å². The predicted molar refractivity (Wildman–Crippen MR) is 78.3 cm³/mol. The Morgan fingerprint density at radius 3 is 2.53 bits per heavy atom. The number of likely N-dealkylation sites (N-methyl/N-ethyl adjacent to an activating group) is 2. The van der Waals surface area contributed by atoms with Gasteiger partial charge in [0.2, 0.25) is 5.91 Å². The van der Waals surface area contributed by atoms with Crippen LogP contribution in [0, 0.1) is 11.3 Å². The molecule has 0 fully saturated rings. The van der Waals surface area contributed by atoms with Crippen molar-refractivity contribution >= 4 is 21.8 Å². The summed E-state index contributed by atoms with van der Waals surface area (Å²) in [6, 6.07) is 10.1. The van der Waals surface area contributed by atoms with E-state index in [1.54, 1.807) is 11.9 Å². The van der Waals surface area contributed by atoms with Gasteiger partial charge in [0.25, 0.3) is 0 Å². The van der Waals surface area contributed by atoms with Crippen LogP contribution in [0.2, 0.25) is 0 Å². The maximum Gasteiger partial charge on any atom is 0.236 e. The van der Waals surface area contributed by atoms with E-state index >= 15 is 0 Å². The molecule has 0 saturated heterocycles. The normalized spacial score (nSPS) is 10.3. The van der Waals surface area contributed by atoms with Gasteiger partial charge in [0, 0.05) is 24.6 Å². The quantitative estimate of drug-likeness (QED) is 0.806. The Morgan fingerprint density at radius 1 is 1.32 bits per heavy atom.